The molecule has 7 heteroatoms. The van der Waals surface area contributed by atoms with E-state index in [1.807, 2.05) is 30.3 Å². The number of halogens is 1. The normalized spacial score (nSPS) is 11.9. The van der Waals surface area contributed by atoms with Gasteiger partial charge in [-0.25, -0.2) is 4.79 Å². The first-order valence-electron chi connectivity index (χ1n) is 7.58. The molecule has 0 spiro atoms. The van der Waals surface area contributed by atoms with Crippen LogP contribution in [0.15, 0.2) is 57.7 Å². The molecule has 128 valence electrons. The van der Waals surface area contributed by atoms with Crippen LogP contribution in [-0.4, -0.2) is 23.5 Å². The molecule has 6 nitrogen and oxygen atoms in total. The molecule has 0 saturated heterocycles. The van der Waals surface area contributed by atoms with Gasteiger partial charge in [0.05, 0.1) is 11.6 Å². The van der Waals surface area contributed by atoms with Crippen molar-refractivity contribution in [3.05, 3.63) is 64.6 Å². The molecule has 2 aromatic heterocycles. The number of amides is 1. The molecule has 0 bridgehead atoms. The predicted octanol–water partition coefficient (Wildman–Crippen LogP) is 3.62. The van der Waals surface area contributed by atoms with Crippen molar-refractivity contribution < 1.29 is 18.7 Å². The van der Waals surface area contributed by atoms with Crippen LogP contribution < -0.4 is 5.32 Å². The Labute approximate surface area is 152 Å². The van der Waals surface area contributed by atoms with Gasteiger partial charge in [0.1, 0.15) is 11.3 Å². The van der Waals surface area contributed by atoms with Crippen LogP contribution in [0.5, 0.6) is 0 Å². The predicted molar refractivity (Wildman–Crippen MR) is 95.0 cm³/mol. The van der Waals surface area contributed by atoms with Gasteiger partial charge in [0.25, 0.3) is 5.91 Å². The van der Waals surface area contributed by atoms with E-state index in [1.54, 1.807) is 19.2 Å². The van der Waals surface area contributed by atoms with Gasteiger partial charge >= 0.3 is 5.97 Å². The standard InChI is InChI=1S/C18H15BrN2O4/c1-11(16-7-12-4-2-3-5-15(12)25-16)21-17(22)10-24-18(23)13-6-14(19)9-20-8-13/h2-9,11H,10H2,1H3,(H,21,22)/t11-/m1/s1. The Morgan fingerprint density at radius 1 is 1.28 bits per heavy atom. The summed E-state index contributed by atoms with van der Waals surface area (Å²) in [7, 11) is 0. The van der Waals surface area contributed by atoms with E-state index in [-0.39, 0.29) is 18.2 Å². The van der Waals surface area contributed by atoms with Crippen LogP contribution in [0.25, 0.3) is 11.0 Å². The SMILES string of the molecule is C[C@@H](NC(=O)COC(=O)c1cncc(Br)c1)c1cc2ccccc2o1. The zero-order chi connectivity index (χ0) is 17.8. The molecule has 1 atom stereocenters. The van der Waals surface area contributed by atoms with Crippen LogP contribution in [0.3, 0.4) is 0 Å². The molecule has 0 saturated carbocycles. The Balaban J connectivity index is 1.55. The number of furan rings is 1. The molecule has 0 unspecified atom stereocenters. The summed E-state index contributed by atoms with van der Waals surface area (Å²) in [6, 6.07) is 10.7. The molecule has 1 N–H and O–H groups in total. The second kappa shape index (κ2) is 7.48. The minimum absolute atomic E-state index is 0.271. The third kappa shape index (κ3) is 4.24. The van der Waals surface area contributed by atoms with Crippen molar-refractivity contribution in [3.8, 4) is 0 Å². The van der Waals surface area contributed by atoms with E-state index in [2.05, 4.69) is 26.2 Å². The number of carbonyl (C=O) groups is 2. The molecule has 3 rings (SSSR count). The maximum atomic E-state index is 12.0. The fraction of sp³-hybridized carbons (Fsp3) is 0.167. The number of hydrogen-bond acceptors (Lipinski definition) is 5. The molecule has 0 fully saturated rings. The quantitative estimate of drug-likeness (QED) is 0.658. The Hall–Kier alpha value is -2.67. The van der Waals surface area contributed by atoms with E-state index in [9.17, 15) is 9.59 Å². The summed E-state index contributed by atoms with van der Waals surface area (Å²) < 4.78 is 11.4. The zero-order valence-corrected chi connectivity index (χ0v) is 14.9. The summed E-state index contributed by atoms with van der Waals surface area (Å²) in [6.07, 6.45) is 2.93. The highest BCUT2D eigenvalue weighted by molar-refractivity contribution is 9.10. The van der Waals surface area contributed by atoms with Crippen molar-refractivity contribution >= 4 is 38.8 Å². The number of carbonyl (C=O) groups excluding carboxylic acids is 2. The lowest BCUT2D eigenvalue weighted by Crippen LogP contribution is -2.31. The van der Waals surface area contributed by atoms with Crippen LogP contribution in [-0.2, 0) is 9.53 Å². The lowest BCUT2D eigenvalue weighted by Gasteiger charge is -2.11. The van der Waals surface area contributed by atoms with Gasteiger partial charge in [-0.1, -0.05) is 18.2 Å². The number of hydrogen-bond donors (Lipinski definition) is 1. The monoisotopic (exact) mass is 402 g/mol. The lowest BCUT2D eigenvalue weighted by atomic mass is 10.2. The molecule has 0 aliphatic carbocycles. The highest BCUT2D eigenvalue weighted by Gasteiger charge is 2.16. The van der Waals surface area contributed by atoms with Gasteiger partial charge in [-0.3, -0.25) is 9.78 Å². The van der Waals surface area contributed by atoms with Crippen LogP contribution in [0, 0.1) is 0 Å². The van der Waals surface area contributed by atoms with Crippen molar-refractivity contribution in [1.29, 1.82) is 0 Å². The maximum absolute atomic E-state index is 12.0. The molecule has 3 aromatic rings. The van der Waals surface area contributed by atoms with E-state index in [0.29, 0.717) is 10.2 Å². The number of pyridine rings is 1. The van der Waals surface area contributed by atoms with Crippen LogP contribution in [0.1, 0.15) is 29.1 Å². The van der Waals surface area contributed by atoms with E-state index < -0.39 is 11.9 Å². The number of rotatable bonds is 5. The summed E-state index contributed by atoms with van der Waals surface area (Å²) >= 11 is 3.22. The van der Waals surface area contributed by atoms with Crippen molar-refractivity contribution in [2.45, 2.75) is 13.0 Å². The smallest absolute Gasteiger partial charge is 0.340 e. The van der Waals surface area contributed by atoms with Gasteiger partial charge < -0.3 is 14.5 Å². The van der Waals surface area contributed by atoms with Gasteiger partial charge in [-0.05, 0) is 41.1 Å². The number of ether oxygens (including phenoxy) is 1. The molecule has 1 aromatic carbocycles. The van der Waals surface area contributed by atoms with Gasteiger partial charge in [-0.2, -0.15) is 0 Å². The Kier molecular flexibility index (Phi) is 5.14. The zero-order valence-electron chi connectivity index (χ0n) is 13.4. The maximum Gasteiger partial charge on any atom is 0.340 e. The van der Waals surface area contributed by atoms with Crippen molar-refractivity contribution in [2.75, 3.05) is 6.61 Å². The third-order valence-electron chi connectivity index (χ3n) is 3.52. The number of nitrogens with one attached hydrogen (secondary N) is 1. The molecule has 0 aliphatic rings. The van der Waals surface area contributed by atoms with E-state index in [1.165, 1.54) is 6.20 Å². The minimum atomic E-state index is -0.611. The Bertz CT molecular complexity index is 889. The van der Waals surface area contributed by atoms with Gasteiger partial charge in [-0.15, -0.1) is 0 Å². The molecular formula is C18H15BrN2O4. The van der Waals surface area contributed by atoms with Gasteiger partial charge in [0, 0.05) is 22.3 Å². The number of aromatic nitrogens is 1. The van der Waals surface area contributed by atoms with E-state index in [4.69, 9.17) is 9.15 Å². The lowest BCUT2D eigenvalue weighted by molar-refractivity contribution is -0.125. The number of para-hydroxylation sites is 1. The van der Waals surface area contributed by atoms with Crippen molar-refractivity contribution in [2.24, 2.45) is 0 Å². The Morgan fingerprint density at radius 3 is 2.84 bits per heavy atom. The second-order valence-corrected chi connectivity index (χ2v) is 6.36. The number of nitrogens with zero attached hydrogens (tertiary/aromatic N) is 1. The first-order chi connectivity index (χ1) is 12.0. The molecule has 2 heterocycles. The molecular weight excluding hydrogens is 388 g/mol. The summed E-state index contributed by atoms with van der Waals surface area (Å²) in [5, 5.41) is 3.71. The topological polar surface area (TPSA) is 81.4 Å². The molecule has 0 radical (unpaired) electrons. The molecule has 0 aliphatic heterocycles. The fourth-order valence-corrected chi connectivity index (χ4v) is 2.67. The summed E-state index contributed by atoms with van der Waals surface area (Å²) in [6.45, 7) is 1.42. The largest absolute Gasteiger partial charge is 0.459 e. The summed E-state index contributed by atoms with van der Waals surface area (Å²) in [5.41, 5.74) is 1.03. The molecule has 25 heavy (non-hydrogen) atoms. The average molecular weight is 403 g/mol. The van der Waals surface area contributed by atoms with Crippen LogP contribution >= 0.6 is 15.9 Å². The van der Waals surface area contributed by atoms with Crippen LogP contribution in [0.2, 0.25) is 0 Å². The second-order valence-electron chi connectivity index (χ2n) is 5.44. The number of benzene rings is 1. The number of esters is 1. The fourth-order valence-electron chi connectivity index (χ4n) is 2.31. The summed E-state index contributed by atoms with van der Waals surface area (Å²) in [5.74, 6) is -0.387. The van der Waals surface area contributed by atoms with Gasteiger partial charge in [0.15, 0.2) is 6.61 Å². The first kappa shape index (κ1) is 17.2. The van der Waals surface area contributed by atoms with E-state index >= 15 is 0 Å². The minimum Gasteiger partial charge on any atom is -0.459 e. The molecule has 1 amide bonds. The summed E-state index contributed by atoms with van der Waals surface area (Å²) in [4.78, 5) is 27.8. The highest BCUT2D eigenvalue weighted by Crippen LogP contribution is 2.23. The highest BCUT2D eigenvalue weighted by atomic mass is 79.9. The number of fused-ring (bicyclic) bond motifs is 1. The first-order valence-corrected chi connectivity index (χ1v) is 8.38. The van der Waals surface area contributed by atoms with Crippen LogP contribution in [0.4, 0.5) is 0 Å². The average Bonchev–Trinajstić information content (AvgIpc) is 3.04. The van der Waals surface area contributed by atoms with Crippen molar-refractivity contribution in [1.82, 2.24) is 10.3 Å². The third-order valence-corrected chi connectivity index (χ3v) is 3.96. The van der Waals surface area contributed by atoms with E-state index in [0.717, 1.165) is 11.0 Å². The van der Waals surface area contributed by atoms with Gasteiger partial charge in [0.2, 0.25) is 0 Å². The Morgan fingerprint density at radius 2 is 2.08 bits per heavy atom. The van der Waals surface area contributed by atoms with Crippen molar-refractivity contribution in [3.63, 3.8) is 0 Å².